The van der Waals surface area contributed by atoms with Gasteiger partial charge in [-0.3, -0.25) is 0 Å². The first-order valence-electron chi connectivity index (χ1n) is 3.31. The van der Waals surface area contributed by atoms with Crippen LogP contribution < -0.4 is 5.73 Å². The van der Waals surface area contributed by atoms with Crippen molar-refractivity contribution in [2.75, 3.05) is 5.73 Å². The van der Waals surface area contributed by atoms with Crippen LogP contribution in [0.25, 0.3) is 10.1 Å². The summed E-state index contributed by atoms with van der Waals surface area (Å²) in [6.45, 7) is 0. The van der Waals surface area contributed by atoms with Gasteiger partial charge < -0.3 is 5.73 Å². The first-order valence-corrected chi connectivity index (χ1v) is 5.21. The van der Waals surface area contributed by atoms with E-state index in [1.165, 1.54) is 0 Å². The van der Waals surface area contributed by atoms with Gasteiger partial charge in [-0.2, -0.15) is 0 Å². The van der Waals surface area contributed by atoms with Gasteiger partial charge in [0.2, 0.25) is 0 Å². The lowest BCUT2D eigenvalue weighted by Gasteiger charge is -1.95. The molecule has 1 heterocycles. The summed E-state index contributed by atoms with van der Waals surface area (Å²) in [5, 5.41) is 0.629. The van der Waals surface area contributed by atoms with Gasteiger partial charge in [-0.25, -0.2) is 4.39 Å². The highest BCUT2D eigenvalue weighted by molar-refractivity contribution is 14.1. The molecule has 0 saturated heterocycles. The second kappa shape index (κ2) is 2.85. The molecule has 0 aliphatic carbocycles. The molecule has 0 bridgehead atoms. The van der Waals surface area contributed by atoms with Crippen LogP contribution >= 0.6 is 33.9 Å². The minimum Gasteiger partial charge on any atom is -0.396 e. The van der Waals surface area contributed by atoms with Crippen molar-refractivity contribution in [2.45, 2.75) is 0 Å². The third-order valence-corrected chi connectivity index (χ3v) is 3.50. The van der Waals surface area contributed by atoms with Crippen LogP contribution in [0.3, 0.4) is 0 Å². The topological polar surface area (TPSA) is 26.0 Å². The van der Waals surface area contributed by atoms with Crippen molar-refractivity contribution < 1.29 is 4.39 Å². The van der Waals surface area contributed by atoms with Gasteiger partial charge in [0.1, 0.15) is 0 Å². The van der Waals surface area contributed by atoms with Crippen molar-refractivity contribution in [1.29, 1.82) is 0 Å². The second-order valence-electron chi connectivity index (χ2n) is 2.43. The number of halogens is 2. The molecule has 0 atom stereocenters. The quantitative estimate of drug-likeness (QED) is 0.586. The number of benzene rings is 1. The van der Waals surface area contributed by atoms with E-state index < -0.39 is 0 Å². The van der Waals surface area contributed by atoms with E-state index in [9.17, 15) is 4.39 Å². The Morgan fingerprint density at radius 3 is 2.92 bits per heavy atom. The SMILES string of the molecule is Nc1ccc2sc(I)cc2c1F. The zero-order chi connectivity index (χ0) is 8.72. The Hall–Kier alpha value is -0.360. The number of anilines is 1. The smallest absolute Gasteiger partial charge is 0.154 e. The van der Waals surface area contributed by atoms with E-state index in [0.717, 1.165) is 7.58 Å². The third kappa shape index (κ3) is 1.19. The van der Waals surface area contributed by atoms with Crippen LogP contribution in [-0.4, -0.2) is 0 Å². The van der Waals surface area contributed by atoms with E-state index >= 15 is 0 Å². The molecule has 0 aliphatic rings. The molecule has 2 rings (SSSR count). The minimum atomic E-state index is -0.299. The number of nitrogens with two attached hydrogens (primary N) is 1. The number of rotatable bonds is 0. The maximum atomic E-state index is 13.3. The molecule has 0 spiro atoms. The lowest BCUT2D eigenvalue weighted by Crippen LogP contribution is -1.88. The van der Waals surface area contributed by atoms with Gasteiger partial charge in [0.25, 0.3) is 0 Å². The average molecular weight is 293 g/mol. The molecule has 0 fully saturated rings. The third-order valence-electron chi connectivity index (χ3n) is 1.63. The van der Waals surface area contributed by atoms with Crippen molar-refractivity contribution in [3.8, 4) is 0 Å². The molecule has 2 N–H and O–H groups in total. The van der Waals surface area contributed by atoms with Gasteiger partial charge in [0, 0.05) is 10.1 Å². The second-order valence-corrected chi connectivity index (χ2v) is 5.41. The Bertz CT molecular complexity index is 438. The van der Waals surface area contributed by atoms with Gasteiger partial charge in [0.15, 0.2) is 5.82 Å². The Morgan fingerprint density at radius 1 is 1.42 bits per heavy atom. The van der Waals surface area contributed by atoms with Crippen molar-refractivity contribution in [2.24, 2.45) is 0 Å². The number of thiophene rings is 1. The summed E-state index contributed by atoms with van der Waals surface area (Å²) in [5.41, 5.74) is 5.64. The molecule has 2 aromatic rings. The van der Waals surface area contributed by atoms with E-state index in [4.69, 9.17) is 5.73 Å². The van der Waals surface area contributed by atoms with Gasteiger partial charge in [-0.05, 0) is 40.8 Å². The van der Waals surface area contributed by atoms with Crippen LogP contribution in [0, 0.1) is 8.70 Å². The highest BCUT2D eigenvalue weighted by atomic mass is 127. The largest absolute Gasteiger partial charge is 0.396 e. The maximum Gasteiger partial charge on any atom is 0.154 e. The molecule has 0 unspecified atom stereocenters. The van der Waals surface area contributed by atoms with Gasteiger partial charge in [-0.15, -0.1) is 11.3 Å². The van der Waals surface area contributed by atoms with E-state index in [0.29, 0.717) is 5.39 Å². The Kier molecular flexibility index (Phi) is 1.96. The first-order chi connectivity index (χ1) is 5.68. The first kappa shape index (κ1) is 8.25. The fraction of sp³-hybridized carbons (Fsp3) is 0. The van der Waals surface area contributed by atoms with Crippen molar-refractivity contribution in [1.82, 2.24) is 0 Å². The van der Waals surface area contributed by atoms with Crippen LogP contribution in [-0.2, 0) is 0 Å². The molecule has 1 aromatic heterocycles. The summed E-state index contributed by atoms with van der Waals surface area (Å²) < 4.78 is 15.3. The molecule has 62 valence electrons. The molecular formula is C8H5FINS. The molecule has 1 aromatic carbocycles. The summed E-state index contributed by atoms with van der Waals surface area (Å²) in [7, 11) is 0. The molecule has 1 nitrogen and oxygen atoms in total. The Balaban J connectivity index is 2.89. The molecule has 4 heteroatoms. The zero-order valence-electron chi connectivity index (χ0n) is 5.97. The average Bonchev–Trinajstić information content (AvgIpc) is 2.39. The van der Waals surface area contributed by atoms with Crippen molar-refractivity contribution >= 4 is 49.7 Å². The number of nitrogen functional groups attached to an aromatic ring is 1. The van der Waals surface area contributed by atoms with Crippen molar-refractivity contribution in [3.05, 3.63) is 26.9 Å². The summed E-state index contributed by atoms with van der Waals surface area (Å²) in [5.74, 6) is -0.299. The molecule has 12 heavy (non-hydrogen) atoms. The summed E-state index contributed by atoms with van der Waals surface area (Å²) in [6, 6.07) is 5.26. The number of hydrogen-bond donors (Lipinski definition) is 1. The predicted molar refractivity (Wildman–Crippen MR) is 58.9 cm³/mol. The lowest BCUT2D eigenvalue weighted by molar-refractivity contribution is 0.644. The predicted octanol–water partition coefficient (Wildman–Crippen LogP) is 3.23. The van der Waals surface area contributed by atoms with Crippen LogP contribution in [0.5, 0.6) is 0 Å². The molecule has 0 aliphatic heterocycles. The van der Waals surface area contributed by atoms with E-state index in [1.54, 1.807) is 17.4 Å². The highest BCUT2D eigenvalue weighted by Gasteiger charge is 2.06. The van der Waals surface area contributed by atoms with Crippen LogP contribution in [0.15, 0.2) is 18.2 Å². The lowest BCUT2D eigenvalue weighted by atomic mass is 10.2. The highest BCUT2D eigenvalue weighted by Crippen LogP contribution is 2.30. The van der Waals surface area contributed by atoms with E-state index in [-0.39, 0.29) is 11.5 Å². The molecule has 0 amide bonds. The zero-order valence-corrected chi connectivity index (χ0v) is 8.95. The monoisotopic (exact) mass is 293 g/mol. The Morgan fingerprint density at radius 2 is 2.17 bits per heavy atom. The molecule has 0 radical (unpaired) electrons. The van der Waals surface area contributed by atoms with Crippen LogP contribution in [0.1, 0.15) is 0 Å². The van der Waals surface area contributed by atoms with Crippen LogP contribution in [0.4, 0.5) is 10.1 Å². The van der Waals surface area contributed by atoms with E-state index in [2.05, 4.69) is 22.6 Å². The van der Waals surface area contributed by atoms with Crippen LogP contribution in [0.2, 0.25) is 0 Å². The molecular weight excluding hydrogens is 288 g/mol. The standard InChI is InChI=1S/C8H5FINS/c9-8-4-3-7(10)12-6(4)2-1-5(8)11/h1-3H,11H2. The number of fused-ring (bicyclic) bond motifs is 1. The fourth-order valence-electron chi connectivity index (χ4n) is 1.06. The summed E-state index contributed by atoms with van der Waals surface area (Å²) in [4.78, 5) is 0. The maximum absolute atomic E-state index is 13.3. The van der Waals surface area contributed by atoms with Gasteiger partial charge >= 0.3 is 0 Å². The fourth-order valence-corrected chi connectivity index (χ4v) is 2.87. The Labute approximate surface area is 86.5 Å². The summed E-state index contributed by atoms with van der Waals surface area (Å²) in [6.07, 6.45) is 0. The normalized spacial score (nSPS) is 10.8. The minimum absolute atomic E-state index is 0.219. The van der Waals surface area contributed by atoms with Crippen molar-refractivity contribution in [3.63, 3.8) is 0 Å². The number of hydrogen-bond acceptors (Lipinski definition) is 2. The van der Waals surface area contributed by atoms with Gasteiger partial charge in [-0.1, -0.05) is 0 Å². The molecule has 0 saturated carbocycles. The van der Waals surface area contributed by atoms with Gasteiger partial charge in [0.05, 0.1) is 8.57 Å². The van der Waals surface area contributed by atoms with E-state index in [1.807, 2.05) is 12.1 Å². The summed E-state index contributed by atoms with van der Waals surface area (Å²) >= 11 is 3.74.